The van der Waals surface area contributed by atoms with E-state index in [1.165, 1.54) is 40.8 Å². The van der Waals surface area contributed by atoms with E-state index in [4.69, 9.17) is 20.8 Å². The maximum atomic E-state index is 13.0. The summed E-state index contributed by atoms with van der Waals surface area (Å²) in [5.74, 6) is -1.01. The van der Waals surface area contributed by atoms with Crippen LogP contribution >= 0.6 is 34.2 Å². The zero-order valence-corrected chi connectivity index (χ0v) is 15.3. The van der Waals surface area contributed by atoms with E-state index in [0.29, 0.717) is 10.8 Å². The maximum Gasteiger partial charge on any atom is 0.450 e. The SMILES string of the molecule is O=c1c(I)c(C(F)(F)F)oc2cc(OCc3ccc(Cl)cc3)ccc12. The van der Waals surface area contributed by atoms with Crippen LogP contribution in [0, 0.1) is 3.57 Å². The van der Waals surface area contributed by atoms with Crippen molar-refractivity contribution in [2.24, 2.45) is 0 Å². The fraction of sp³-hybridized carbons (Fsp3) is 0.118. The first-order valence-electron chi connectivity index (χ1n) is 6.96. The third-order valence-electron chi connectivity index (χ3n) is 3.38. The van der Waals surface area contributed by atoms with Gasteiger partial charge in [0.25, 0.3) is 0 Å². The average Bonchev–Trinajstić information content (AvgIpc) is 2.56. The molecule has 0 radical (unpaired) electrons. The molecule has 8 heteroatoms. The van der Waals surface area contributed by atoms with E-state index >= 15 is 0 Å². The first-order chi connectivity index (χ1) is 11.8. The molecule has 3 rings (SSSR count). The van der Waals surface area contributed by atoms with Crippen molar-refractivity contribution >= 4 is 45.2 Å². The van der Waals surface area contributed by atoms with Gasteiger partial charge in [-0.2, -0.15) is 13.2 Å². The van der Waals surface area contributed by atoms with Crippen molar-refractivity contribution in [2.75, 3.05) is 0 Å². The molecule has 3 aromatic rings. The first kappa shape index (κ1) is 18.1. The molecule has 3 nitrogen and oxygen atoms in total. The Morgan fingerprint density at radius 2 is 1.80 bits per heavy atom. The topological polar surface area (TPSA) is 39.4 Å². The lowest BCUT2D eigenvalue weighted by Crippen LogP contribution is -2.16. The minimum absolute atomic E-state index is 0.0660. The molecule has 2 aromatic carbocycles. The number of halogens is 5. The van der Waals surface area contributed by atoms with Crippen molar-refractivity contribution in [3.8, 4) is 5.75 Å². The van der Waals surface area contributed by atoms with Crippen LogP contribution in [0.3, 0.4) is 0 Å². The van der Waals surface area contributed by atoms with Crippen LogP contribution in [0.2, 0.25) is 5.02 Å². The van der Waals surface area contributed by atoms with Gasteiger partial charge in [-0.15, -0.1) is 0 Å². The standard InChI is InChI=1S/C17H9ClF3IO3/c18-10-3-1-9(2-4-10)8-24-11-5-6-12-13(7-11)25-16(17(19,20)21)14(22)15(12)23/h1-7H,8H2. The van der Waals surface area contributed by atoms with Crippen LogP contribution in [-0.4, -0.2) is 0 Å². The van der Waals surface area contributed by atoms with Crippen LogP contribution in [0.4, 0.5) is 13.2 Å². The van der Waals surface area contributed by atoms with E-state index in [-0.39, 0.29) is 17.6 Å². The monoisotopic (exact) mass is 480 g/mol. The second-order valence-electron chi connectivity index (χ2n) is 5.15. The van der Waals surface area contributed by atoms with E-state index in [0.717, 1.165) is 5.56 Å². The van der Waals surface area contributed by atoms with E-state index in [1.807, 2.05) is 0 Å². The van der Waals surface area contributed by atoms with E-state index in [1.54, 1.807) is 24.3 Å². The molecule has 1 aromatic heterocycles. The minimum Gasteiger partial charge on any atom is -0.489 e. The lowest BCUT2D eigenvalue weighted by Gasteiger charge is -2.10. The highest BCUT2D eigenvalue weighted by Crippen LogP contribution is 2.34. The summed E-state index contributed by atoms with van der Waals surface area (Å²) in [7, 11) is 0. The molecule has 0 saturated heterocycles. The van der Waals surface area contributed by atoms with Gasteiger partial charge in [0.15, 0.2) is 0 Å². The highest BCUT2D eigenvalue weighted by molar-refractivity contribution is 14.1. The minimum atomic E-state index is -4.75. The van der Waals surface area contributed by atoms with E-state index in [9.17, 15) is 18.0 Å². The van der Waals surface area contributed by atoms with Crippen LogP contribution in [0.15, 0.2) is 51.7 Å². The number of rotatable bonds is 3. The molecule has 0 N–H and O–H groups in total. The van der Waals surface area contributed by atoms with Gasteiger partial charge in [0.1, 0.15) is 21.5 Å². The molecular formula is C17H9ClF3IO3. The summed E-state index contributed by atoms with van der Waals surface area (Å²) in [6.45, 7) is 0.198. The number of ether oxygens (including phenoxy) is 1. The predicted molar refractivity (Wildman–Crippen MR) is 96.0 cm³/mol. The van der Waals surface area contributed by atoms with E-state index in [2.05, 4.69) is 0 Å². The van der Waals surface area contributed by atoms with Gasteiger partial charge in [-0.3, -0.25) is 4.79 Å². The number of alkyl halides is 3. The molecule has 0 fully saturated rings. The third-order valence-corrected chi connectivity index (χ3v) is 4.62. The van der Waals surface area contributed by atoms with Gasteiger partial charge in [0.05, 0.1) is 5.39 Å². The van der Waals surface area contributed by atoms with E-state index < -0.39 is 20.9 Å². The molecule has 1 heterocycles. The van der Waals surface area contributed by atoms with Gasteiger partial charge in [-0.1, -0.05) is 23.7 Å². The lowest BCUT2D eigenvalue weighted by molar-refractivity contribution is -0.153. The summed E-state index contributed by atoms with van der Waals surface area (Å²) in [5, 5.41) is 0.654. The van der Waals surface area contributed by atoms with Gasteiger partial charge < -0.3 is 9.15 Å². The summed E-state index contributed by atoms with van der Waals surface area (Å²) < 4.78 is 48.9. The first-order valence-corrected chi connectivity index (χ1v) is 8.42. The lowest BCUT2D eigenvalue weighted by atomic mass is 10.2. The molecule has 130 valence electrons. The second-order valence-corrected chi connectivity index (χ2v) is 6.66. The molecule has 0 aliphatic rings. The summed E-state index contributed by atoms with van der Waals surface area (Å²) >= 11 is 7.14. The zero-order valence-electron chi connectivity index (χ0n) is 12.4. The molecule has 0 saturated carbocycles. The summed E-state index contributed by atoms with van der Waals surface area (Å²) in [4.78, 5) is 12.1. The van der Waals surface area contributed by atoms with Gasteiger partial charge in [0.2, 0.25) is 11.2 Å². The molecule has 0 spiro atoms. The van der Waals surface area contributed by atoms with Crippen molar-refractivity contribution in [3.63, 3.8) is 0 Å². The molecule has 0 amide bonds. The summed E-state index contributed by atoms with van der Waals surface area (Å²) in [5.41, 5.74) is -0.0608. The molecule has 25 heavy (non-hydrogen) atoms. The summed E-state index contributed by atoms with van der Waals surface area (Å²) in [6, 6.07) is 11.1. The Kier molecular flexibility index (Phi) is 4.97. The predicted octanol–water partition coefficient (Wildman–Crippen LogP) is 5.65. The average molecular weight is 481 g/mol. The van der Waals surface area contributed by atoms with Gasteiger partial charge >= 0.3 is 6.18 Å². The van der Waals surface area contributed by atoms with Crippen molar-refractivity contribution < 1.29 is 22.3 Å². The number of hydrogen-bond donors (Lipinski definition) is 0. The molecule has 0 aliphatic carbocycles. The normalized spacial score (nSPS) is 11.7. The van der Waals surface area contributed by atoms with Crippen molar-refractivity contribution in [1.82, 2.24) is 0 Å². The fourth-order valence-electron chi connectivity index (χ4n) is 2.17. The highest BCUT2D eigenvalue weighted by Gasteiger charge is 2.38. The second kappa shape index (κ2) is 6.87. The zero-order chi connectivity index (χ0) is 18.2. The number of benzene rings is 2. The Labute approximate surface area is 158 Å². The molecular weight excluding hydrogens is 472 g/mol. The van der Waals surface area contributed by atoms with Gasteiger partial charge in [0, 0.05) is 11.1 Å². The molecule has 0 bridgehead atoms. The van der Waals surface area contributed by atoms with Crippen LogP contribution in [0.5, 0.6) is 5.75 Å². The Balaban J connectivity index is 1.94. The van der Waals surface area contributed by atoms with Crippen LogP contribution in [0.1, 0.15) is 11.3 Å². The Bertz CT molecular complexity index is 981. The highest BCUT2D eigenvalue weighted by atomic mass is 127. The van der Waals surface area contributed by atoms with Crippen LogP contribution in [0.25, 0.3) is 11.0 Å². The maximum absolute atomic E-state index is 13.0. The fourth-order valence-corrected chi connectivity index (χ4v) is 3.00. The smallest absolute Gasteiger partial charge is 0.450 e. The molecule has 0 unspecified atom stereocenters. The van der Waals surface area contributed by atoms with Crippen LogP contribution in [-0.2, 0) is 12.8 Å². The van der Waals surface area contributed by atoms with Crippen molar-refractivity contribution in [3.05, 3.63) is 72.6 Å². The Hall–Kier alpha value is -1.74. The van der Waals surface area contributed by atoms with Gasteiger partial charge in [-0.05, 0) is 52.4 Å². The largest absolute Gasteiger partial charge is 0.489 e. The van der Waals surface area contributed by atoms with Crippen molar-refractivity contribution in [1.29, 1.82) is 0 Å². The molecule has 0 aliphatic heterocycles. The number of hydrogen-bond acceptors (Lipinski definition) is 3. The number of fused-ring (bicyclic) bond motifs is 1. The Morgan fingerprint density at radius 3 is 2.44 bits per heavy atom. The van der Waals surface area contributed by atoms with Crippen LogP contribution < -0.4 is 10.2 Å². The summed E-state index contributed by atoms with van der Waals surface area (Å²) in [6.07, 6.45) is -4.75. The molecule has 0 atom stereocenters. The Morgan fingerprint density at radius 1 is 1.12 bits per heavy atom. The third kappa shape index (κ3) is 3.92. The van der Waals surface area contributed by atoms with Gasteiger partial charge in [-0.25, -0.2) is 0 Å². The van der Waals surface area contributed by atoms with Crippen molar-refractivity contribution in [2.45, 2.75) is 12.8 Å². The quantitative estimate of drug-likeness (QED) is 0.455.